The first-order valence-electron chi connectivity index (χ1n) is 6.02. The number of halogens is 4. The third-order valence-electron chi connectivity index (χ3n) is 2.36. The molecular weight excluding hydrogens is 278 g/mol. The molecule has 1 rings (SSSR count). The molecule has 0 aliphatic heterocycles. The van der Waals surface area contributed by atoms with Gasteiger partial charge in [-0.2, -0.15) is 13.2 Å². The number of hydrogen-bond donors (Lipinski definition) is 1. The number of alkyl halides is 3. The fourth-order valence-corrected chi connectivity index (χ4v) is 1.49. The summed E-state index contributed by atoms with van der Waals surface area (Å²) in [4.78, 5) is 11.4. The maximum Gasteiger partial charge on any atom is 0.411 e. The van der Waals surface area contributed by atoms with Crippen molar-refractivity contribution < 1.29 is 27.1 Å². The number of rotatable bonds is 7. The highest BCUT2D eigenvalue weighted by Crippen LogP contribution is 2.13. The Bertz CT molecular complexity index is 435. The fraction of sp³-hybridized carbons (Fsp3) is 0.462. The minimum atomic E-state index is -4.36. The summed E-state index contributed by atoms with van der Waals surface area (Å²) in [6, 6.07) is 5.89. The number of carbonyl (C=O) groups excluding carboxylic acids is 1. The molecule has 1 amide bonds. The van der Waals surface area contributed by atoms with Crippen molar-refractivity contribution in [2.45, 2.75) is 19.0 Å². The number of benzene rings is 1. The highest BCUT2D eigenvalue weighted by molar-refractivity contribution is 5.76. The molecule has 0 aliphatic carbocycles. The maximum absolute atomic E-state index is 12.9. The number of aryl methyl sites for hydroxylation is 1. The van der Waals surface area contributed by atoms with Crippen LogP contribution in [0.15, 0.2) is 24.3 Å². The molecule has 0 aliphatic rings. The van der Waals surface area contributed by atoms with E-state index in [0.29, 0.717) is 12.0 Å². The highest BCUT2D eigenvalue weighted by Gasteiger charge is 2.27. The van der Waals surface area contributed by atoms with E-state index in [9.17, 15) is 22.4 Å². The first-order chi connectivity index (χ1) is 9.37. The Morgan fingerprint density at radius 3 is 2.70 bits per heavy atom. The molecule has 112 valence electrons. The highest BCUT2D eigenvalue weighted by atomic mass is 19.4. The SMILES string of the molecule is O=C(CCc1cccc(F)c1)NCCOCC(F)(F)F. The van der Waals surface area contributed by atoms with Gasteiger partial charge in [-0.1, -0.05) is 12.1 Å². The third-order valence-corrected chi connectivity index (χ3v) is 2.36. The molecule has 0 bridgehead atoms. The minimum Gasteiger partial charge on any atom is -0.370 e. The van der Waals surface area contributed by atoms with Gasteiger partial charge in [0.05, 0.1) is 6.61 Å². The first kappa shape index (κ1) is 16.4. The van der Waals surface area contributed by atoms with Gasteiger partial charge >= 0.3 is 6.18 Å². The molecular formula is C13H15F4NO2. The van der Waals surface area contributed by atoms with Crippen LogP contribution in [0.25, 0.3) is 0 Å². The van der Waals surface area contributed by atoms with Gasteiger partial charge in [-0.25, -0.2) is 4.39 Å². The smallest absolute Gasteiger partial charge is 0.370 e. The van der Waals surface area contributed by atoms with Crippen molar-refractivity contribution in [3.63, 3.8) is 0 Å². The van der Waals surface area contributed by atoms with Crippen LogP contribution >= 0.6 is 0 Å². The molecule has 1 aromatic carbocycles. The Balaban J connectivity index is 2.12. The topological polar surface area (TPSA) is 38.3 Å². The Kier molecular flexibility index (Phi) is 6.44. The number of carbonyl (C=O) groups is 1. The molecule has 3 nitrogen and oxygen atoms in total. The van der Waals surface area contributed by atoms with Gasteiger partial charge in [0.25, 0.3) is 0 Å². The molecule has 7 heteroatoms. The van der Waals surface area contributed by atoms with E-state index in [1.807, 2.05) is 0 Å². The van der Waals surface area contributed by atoms with Crippen LogP contribution in [0, 0.1) is 5.82 Å². The number of amides is 1. The van der Waals surface area contributed by atoms with Crippen molar-refractivity contribution in [1.82, 2.24) is 5.32 Å². The third kappa shape index (κ3) is 7.73. The molecule has 0 fully saturated rings. The van der Waals surface area contributed by atoms with Crippen molar-refractivity contribution in [3.05, 3.63) is 35.6 Å². The molecule has 0 saturated heterocycles. The number of nitrogens with one attached hydrogen (secondary N) is 1. The van der Waals surface area contributed by atoms with Crippen molar-refractivity contribution in [3.8, 4) is 0 Å². The first-order valence-corrected chi connectivity index (χ1v) is 6.02. The molecule has 20 heavy (non-hydrogen) atoms. The average molecular weight is 293 g/mol. The summed E-state index contributed by atoms with van der Waals surface area (Å²) >= 11 is 0. The molecule has 0 spiro atoms. The van der Waals surface area contributed by atoms with Crippen molar-refractivity contribution >= 4 is 5.91 Å². The summed E-state index contributed by atoms with van der Waals surface area (Å²) < 4.78 is 52.4. The van der Waals surface area contributed by atoms with E-state index < -0.39 is 12.8 Å². The van der Waals surface area contributed by atoms with E-state index in [0.717, 1.165) is 0 Å². The molecule has 0 heterocycles. The second kappa shape index (κ2) is 7.84. The number of ether oxygens (including phenoxy) is 1. The van der Waals surface area contributed by atoms with E-state index in [2.05, 4.69) is 10.1 Å². The van der Waals surface area contributed by atoms with Gasteiger partial charge in [-0.05, 0) is 24.1 Å². The zero-order valence-electron chi connectivity index (χ0n) is 10.7. The van der Waals surface area contributed by atoms with E-state index in [1.165, 1.54) is 12.1 Å². The second-order valence-corrected chi connectivity index (χ2v) is 4.15. The van der Waals surface area contributed by atoms with Crippen LogP contribution in [0.4, 0.5) is 17.6 Å². The molecule has 1 aromatic rings. The van der Waals surface area contributed by atoms with Crippen LogP contribution in [-0.4, -0.2) is 31.8 Å². The van der Waals surface area contributed by atoms with Gasteiger partial charge in [0.15, 0.2) is 0 Å². The predicted octanol–water partition coefficient (Wildman–Crippen LogP) is 2.45. The molecule has 0 aromatic heterocycles. The number of hydrogen-bond acceptors (Lipinski definition) is 2. The monoisotopic (exact) mass is 293 g/mol. The Hall–Kier alpha value is -1.63. The maximum atomic E-state index is 12.9. The van der Waals surface area contributed by atoms with Gasteiger partial charge in [0.2, 0.25) is 5.91 Å². The summed E-state index contributed by atoms with van der Waals surface area (Å²) in [5, 5.41) is 2.43. The van der Waals surface area contributed by atoms with E-state index >= 15 is 0 Å². The van der Waals surface area contributed by atoms with Crippen LogP contribution in [0.2, 0.25) is 0 Å². The summed E-state index contributed by atoms with van der Waals surface area (Å²) in [5.74, 6) is -0.687. The van der Waals surface area contributed by atoms with Crippen molar-refractivity contribution in [1.29, 1.82) is 0 Å². The molecule has 1 N–H and O–H groups in total. The zero-order chi connectivity index (χ0) is 15.0. The van der Waals surface area contributed by atoms with Gasteiger partial charge < -0.3 is 10.1 Å². The minimum absolute atomic E-state index is 0.0120. The van der Waals surface area contributed by atoms with E-state index in [1.54, 1.807) is 12.1 Å². The Morgan fingerprint density at radius 1 is 1.30 bits per heavy atom. The largest absolute Gasteiger partial charge is 0.411 e. The summed E-state index contributed by atoms with van der Waals surface area (Å²) in [6.07, 6.45) is -3.85. The van der Waals surface area contributed by atoms with Gasteiger partial charge in [0.1, 0.15) is 12.4 Å². The normalized spacial score (nSPS) is 11.4. The second-order valence-electron chi connectivity index (χ2n) is 4.15. The lowest BCUT2D eigenvalue weighted by Gasteiger charge is -2.08. The van der Waals surface area contributed by atoms with Gasteiger partial charge in [-0.15, -0.1) is 0 Å². The summed E-state index contributed by atoms with van der Waals surface area (Å²) in [7, 11) is 0. The fourth-order valence-electron chi connectivity index (χ4n) is 1.49. The lowest BCUT2D eigenvalue weighted by Crippen LogP contribution is -2.29. The lowest BCUT2D eigenvalue weighted by molar-refractivity contribution is -0.173. The van der Waals surface area contributed by atoms with Crippen molar-refractivity contribution in [2.75, 3.05) is 19.8 Å². The standard InChI is InChI=1S/C13H15F4NO2/c14-11-3-1-2-10(8-11)4-5-12(19)18-6-7-20-9-13(15,16)17/h1-3,8H,4-7,9H2,(H,18,19). The zero-order valence-corrected chi connectivity index (χ0v) is 10.7. The van der Waals surface area contributed by atoms with E-state index in [4.69, 9.17) is 0 Å². The van der Waals surface area contributed by atoms with Crippen LogP contribution in [0.3, 0.4) is 0 Å². The Morgan fingerprint density at radius 2 is 2.05 bits per heavy atom. The predicted molar refractivity (Wildman–Crippen MR) is 64.6 cm³/mol. The van der Waals surface area contributed by atoms with Crippen LogP contribution in [0.1, 0.15) is 12.0 Å². The molecule has 0 unspecified atom stereocenters. The Labute approximate surface area is 113 Å². The van der Waals surface area contributed by atoms with Crippen LogP contribution in [0.5, 0.6) is 0 Å². The average Bonchev–Trinajstić information content (AvgIpc) is 2.35. The molecule has 0 saturated carbocycles. The van der Waals surface area contributed by atoms with Crippen LogP contribution < -0.4 is 5.32 Å². The van der Waals surface area contributed by atoms with Gasteiger partial charge in [0, 0.05) is 13.0 Å². The lowest BCUT2D eigenvalue weighted by atomic mass is 10.1. The quantitative estimate of drug-likeness (QED) is 0.619. The van der Waals surface area contributed by atoms with Gasteiger partial charge in [-0.3, -0.25) is 4.79 Å². The van der Waals surface area contributed by atoms with E-state index in [-0.39, 0.29) is 31.3 Å². The van der Waals surface area contributed by atoms with Crippen LogP contribution in [-0.2, 0) is 16.0 Å². The molecule has 0 radical (unpaired) electrons. The molecule has 0 atom stereocenters. The van der Waals surface area contributed by atoms with Crippen molar-refractivity contribution in [2.24, 2.45) is 0 Å². The summed E-state index contributed by atoms with van der Waals surface area (Å²) in [6.45, 7) is -1.52. The summed E-state index contributed by atoms with van der Waals surface area (Å²) in [5.41, 5.74) is 0.688.